The second-order valence-electron chi connectivity index (χ2n) is 5.99. The van der Waals surface area contributed by atoms with Crippen LogP contribution in [0.5, 0.6) is 0 Å². The molecule has 0 aromatic heterocycles. The molecule has 0 spiro atoms. The first-order valence-electron chi connectivity index (χ1n) is 7.15. The van der Waals surface area contributed by atoms with Crippen molar-refractivity contribution in [1.82, 2.24) is 0 Å². The quantitative estimate of drug-likeness (QED) is 0.500. The van der Waals surface area contributed by atoms with Gasteiger partial charge in [-0.05, 0) is 24.5 Å². The van der Waals surface area contributed by atoms with E-state index in [9.17, 15) is 0 Å². The van der Waals surface area contributed by atoms with E-state index in [0.29, 0.717) is 5.25 Å². The molecule has 0 amide bonds. The molecule has 0 saturated heterocycles. The molecule has 0 N–H and O–H groups in total. The topological polar surface area (TPSA) is 12.4 Å². The van der Waals surface area contributed by atoms with E-state index in [0.717, 1.165) is 6.54 Å². The highest BCUT2D eigenvalue weighted by molar-refractivity contribution is 8.29. The van der Waals surface area contributed by atoms with Gasteiger partial charge in [-0.15, -0.1) is 0 Å². The van der Waals surface area contributed by atoms with Crippen LogP contribution >= 0.6 is 11.2 Å². The van der Waals surface area contributed by atoms with Crippen molar-refractivity contribution in [1.29, 1.82) is 0 Å². The third kappa shape index (κ3) is 6.97. The first-order valence-corrected chi connectivity index (χ1v) is 12.3. The molecule has 106 valence electrons. The van der Waals surface area contributed by atoms with Crippen molar-refractivity contribution >= 4 is 24.6 Å². The molecule has 0 fully saturated rings. The van der Waals surface area contributed by atoms with Crippen LogP contribution in [0.4, 0.5) is 0 Å². The summed E-state index contributed by atoms with van der Waals surface area (Å²) in [5.41, 5.74) is 2.55. The van der Waals surface area contributed by atoms with Crippen molar-refractivity contribution < 1.29 is 0 Å². The molecular weight excluding hydrogens is 266 g/mol. The number of rotatable bonds is 7. The van der Waals surface area contributed by atoms with E-state index in [2.05, 4.69) is 74.0 Å². The maximum absolute atomic E-state index is 4.68. The molecule has 1 rings (SSSR count). The van der Waals surface area contributed by atoms with Crippen molar-refractivity contribution in [2.24, 2.45) is 4.99 Å². The first kappa shape index (κ1) is 16.5. The zero-order valence-corrected chi connectivity index (χ0v) is 14.8. The van der Waals surface area contributed by atoms with Crippen LogP contribution in [0.3, 0.4) is 0 Å². The van der Waals surface area contributed by atoms with Gasteiger partial charge in [0, 0.05) is 11.5 Å². The molecule has 1 nitrogen and oxygen atoms in total. The van der Waals surface area contributed by atoms with Gasteiger partial charge in [-0.1, -0.05) is 57.3 Å². The standard InChI is InChI=1S/C16H27NSSi/c1-6-9-16(18-19(3,4)5)13-17-12-15-11-8-7-10-14(15)2/h7-8,10-12,16H,6,9,13H2,1-5H3/b17-12+. The summed E-state index contributed by atoms with van der Waals surface area (Å²) in [4.78, 5) is 4.68. The Bertz CT molecular complexity index is 409. The van der Waals surface area contributed by atoms with Crippen LogP contribution in [0.25, 0.3) is 0 Å². The fraction of sp³-hybridized carbons (Fsp3) is 0.562. The lowest BCUT2D eigenvalue weighted by Crippen LogP contribution is -2.22. The molecule has 1 unspecified atom stereocenters. The fourth-order valence-electron chi connectivity index (χ4n) is 2.01. The zero-order chi connectivity index (χ0) is 14.3. The minimum Gasteiger partial charge on any atom is -0.291 e. The Morgan fingerprint density at radius 2 is 1.95 bits per heavy atom. The highest BCUT2D eigenvalue weighted by Crippen LogP contribution is 2.27. The molecule has 0 bridgehead atoms. The second-order valence-corrected chi connectivity index (χ2v) is 15.5. The van der Waals surface area contributed by atoms with Gasteiger partial charge in [-0.2, -0.15) is 11.2 Å². The normalized spacial score (nSPS) is 13.9. The van der Waals surface area contributed by atoms with Gasteiger partial charge in [0.2, 0.25) is 0 Å². The van der Waals surface area contributed by atoms with Crippen molar-refractivity contribution in [2.45, 2.75) is 51.6 Å². The SMILES string of the molecule is CCCC(C/N=C/c1ccccc1C)S[Si](C)(C)C. The van der Waals surface area contributed by atoms with Gasteiger partial charge in [0.25, 0.3) is 0 Å². The van der Waals surface area contributed by atoms with Gasteiger partial charge in [0.05, 0.1) is 6.54 Å². The molecule has 1 aromatic carbocycles. The number of nitrogens with zero attached hydrogens (tertiary/aromatic N) is 1. The summed E-state index contributed by atoms with van der Waals surface area (Å²) in [5.74, 6) is 0. The molecule has 0 aliphatic carbocycles. The maximum Gasteiger partial charge on any atom is 0.108 e. The van der Waals surface area contributed by atoms with Crippen LogP contribution in [-0.4, -0.2) is 25.2 Å². The van der Waals surface area contributed by atoms with Crippen molar-refractivity contribution in [3.05, 3.63) is 35.4 Å². The Morgan fingerprint density at radius 1 is 1.26 bits per heavy atom. The summed E-state index contributed by atoms with van der Waals surface area (Å²) in [6.45, 7) is 12.6. The van der Waals surface area contributed by atoms with Crippen LogP contribution in [0.15, 0.2) is 29.3 Å². The van der Waals surface area contributed by atoms with Crippen molar-refractivity contribution in [2.75, 3.05) is 6.54 Å². The lowest BCUT2D eigenvalue weighted by atomic mass is 10.1. The number of hydrogen-bond donors (Lipinski definition) is 0. The van der Waals surface area contributed by atoms with E-state index in [1.54, 1.807) is 0 Å². The van der Waals surface area contributed by atoms with Gasteiger partial charge in [0.1, 0.15) is 7.22 Å². The number of benzene rings is 1. The molecule has 0 aliphatic heterocycles. The third-order valence-corrected chi connectivity index (χ3v) is 7.41. The largest absolute Gasteiger partial charge is 0.291 e. The summed E-state index contributed by atoms with van der Waals surface area (Å²) in [6, 6.07) is 8.43. The minimum absolute atomic E-state index is 0.692. The summed E-state index contributed by atoms with van der Waals surface area (Å²) >= 11 is 2.19. The molecule has 0 radical (unpaired) electrons. The molecule has 0 aliphatic rings. The van der Waals surface area contributed by atoms with E-state index in [4.69, 9.17) is 0 Å². The Balaban J connectivity index is 2.58. The highest BCUT2D eigenvalue weighted by atomic mass is 32.4. The molecule has 19 heavy (non-hydrogen) atoms. The summed E-state index contributed by atoms with van der Waals surface area (Å²) in [6.07, 6.45) is 4.57. The molecular formula is C16H27NSSi. The third-order valence-electron chi connectivity index (χ3n) is 2.86. The minimum atomic E-state index is -1.05. The van der Waals surface area contributed by atoms with Gasteiger partial charge < -0.3 is 0 Å². The summed E-state index contributed by atoms with van der Waals surface area (Å²) in [5, 5.41) is 0.692. The van der Waals surface area contributed by atoms with Gasteiger partial charge >= 0.3 is 0 Å². The van der Waals surface area contributed by atoms with Crippen LogP contribution in [0.2, 0.25) is 19.6 Å². The lowest BCUT2D eigenvalue weighted by molar-refractivity contribution is 0.748. The van der Waals surface area contributed by atoms with Crippen molar-refractivity contribution in [3.63, 3.8) is 0 Å². The van der Waals surface area contributed by atoms with Gasteiger partial charge in [-0.3, -0.25) is 4.99 Å². The average Bonchev–Trinajstić information content (AvgIpc) is 2.30. The monoisotopic (exact) mass is 293 g/mol. The van der Waals surface area contributed by atoms with Crippen LogP contribution in [0.1, 0.15) is 30.9 Å². The van der Waals surface area contributed by atoms with E-state index in [-0.39, 0.29) is 0 Å². The van der Waals surface area contributed by atoms with Crippen LogP contribution < -0.4 is 0 Å². The highest BCUT2D eigenvalue weighted by Gasteiger charge is 2.20. The van der Waals surface area contributed by atoms with Crippen LogP contribution in [-0.2, 0) is 0 Å². The second kappa shape index (κ2) is 7.90. The van der Waals surface area contributed by atoms with E-state index >= 15 is 0 Å². The molecule has 1 atom stereocenters. The van der Waals surface area contributed by atoms with E-state index in [1.807, 2.05) is 6.21 Å². The summed E-state index contributed by atoms with van der Waals surface area (Å²) in [7, 11) is -1.05. The zero-order valence-electron chi connectivity index (χ0n) is 12.9. The fourth-order valence-corrected chi connectivity index (χ4v) is 7.10. The molecule has 0 saturated carbocycles. The Morgan fingerprint density at radius 3 is 2.53 bits per heavy atom. The summed E-state index contributed by atoms with van der Waals surface area (Å²) < 4.78 is 0. The van der Waals surface area contributed by atoms with Crippen molar-refractivity contribution in [3.8, 4) is 0 Å². The number of aliphatic imine (C=N–C) groups is 1. The molecule has 0 heterocycles. The van der Waals surface area contributed by atoms with E-state index < -0.39 is 7.22 Å². The molecule has 3 heteroatoms. The average molecular weight is 294 g/mol. The van der Waals surface area contributed by atoms with Gasteiger partial charge in [0.15, 0.2) is 0 Å². The Kier molecular flexibility index (Phi) is 6.87. The van der Waals surface area contributed by atoms with Gasteiger partial charge in [-0.25, -0.2) is 0 Å². The first-order chi connectivity index (χ1) is 8.92. The lowest BCUT2D eigenvalue weighted by Gasteiger charge is -2.22. The number of hydrogen-bond acceptors (Lipinski definition) is 2. The molecule has 1 aromatic rings. The predicted octanol–water partition coefficient (Wildman–Crippen LogP) is 5.15. The Hall–Kier alpha value is -0.543. The predicted molar refractivity (Wildman–Crippen MR) is 93.3 cm³/mol. The maximum atomic E-state index is 4.68. The Labute approximate surface area is 123 Å². The number of aryl methyl sites for hydroxylation is 1. The van der Waals surface area contributed by atoms with Crippen LogP contribution in [0, 0.1) is 6.92 Å². The smallest absolute Gasteiger partial charge is 0.108 e. The van der Waals surface area contributed by atoms with E-state index in [1.165, 1.54) is 24.0 Å².